The highest BCUT2D eigenvalue weighted by molar-refractivity contribution is 7.33. The molecule has 120 valence electrons. The molecule has 0 aliphatic carbocycles. The fourth-order valence-electron chi connectivity index (χ4n) is 1.40. The van der Waals surface area contributed by atoms with Gasteiger partial charge >= 0.3 is 20.2 Å². The van der Waals surface area contributed by atoms with E-state index in [0.717, 1.165) is 6.42 Å². The smallest absolute Gasteiger partial charge is 0.462 e. The fourth-order valence-corrected chi connectivity index (χ4v) is 1.73. The Balaban J connectivity index is 2.43. The molecule has 0 aliphatic heterocycles. The summed E-state index contributed by atoms with van der Waals surface area (Å²) >= 11 is 0. The molecule has 0 spiro atoms. The van der Waals surface area contributed by atoms with E-state index in [-0.39, 0.29) is 13.2 Å². The molecule has 8 heteroatoms. The summed E-state index contributed by atoms with van der Waals surface area (Å²) in [6.07, 6.45) is 0.743. The van der Waals surface area contributed by atoms with Gasteiger partial charge in [-0.15, -0.1) is 9.05 Å². The van der Waals surface area contributed by atoms with Gasteiger partial charge in [0.25, 0.3) is 0 Å². The third-order valence-corrected chi connectivity index (χ3v) is 3.15. The van der Waals surface area contributed by atoms with Crippen LogP contribution in [0.2, 0.25) is 0 Å². The second kappa shape index (κ2) is 10.00. The lowest BCUT2D eigenvalue weighted by Crippen LogP contribution is -2.10. The van der Waals surface area contributed by atoms with Crippen molar-refractivity contribution in [2.45, 2.75) is 13.3 Å². The van der Waals surface area contributed by atoms with Crippen LogP contribution in [-0.2, 0) is 23.1 Å². The number of hydrogen-bond acceptors (Lipinski definition) is 7. The first-order valence-electron chi connectivity index (χ1n) is 6.67. The molecule has 1 aromatic rings. The lowest BCUT2D eigenvalue weighted by atomic mass is 10.1. The van der Waals surface area contributed by atoms with Crippen LogP contribution in [0.1, 0.15) is 34.1 Å². The van der Waals surface area contributed by atoms with Gasteiger partial charge in [0.05, 0.1) is 24.8 Å². The fraction of sp³-hybridized carbons (Fsp3) is 0.429. The summed E-state index contributed by atoms with van der Waals surface area (Å²) in [5, 5.41) is 0. The van der Waals surface area contributed by atoms with E-state index < -0.39 is 20.2 Å². The summed E-state index contributed by atoms with van der Waals surface area (Å²) in [6, 6.07) is 5.93. The van der Waals surface area contributed by atoms with Crippen molar-refractivity contribution < 1.29 is 32.7 Å². The van der Waals surface area contributed by atoms with Gasteiger partial charge in [0.1, 0.15) is 13.2 Å². The number of carbonyl (C=O) groups is 2. The molecule has 22 heavy (non-hydrogen) atoms. The zero-order valence-corrected chi connectivity index (χ0v) is 13.3. The Morgan fingerprint density at radius 3 is 1.91 bits per heavy atom. The van der Waals surface area contributed by atoms with Gasteiger partial charge in [-0.3, -0.25) is 0 Å². The maximum atomic E-state index is 11.7. The molecular formula is C14H18O7P+. The van der Waals surface area contributed by atoms with Crippen LogP contribution >= 0.6 is 8.25 Å². The van der Waals surface area contributed by atoms with Crippen molar-refractivity contribution in [2.75, 3.05) is 26.9 Å². The summed E-state index contributed by atoms with van der Waals surface area (Å²) in [5.74, 6) is -0.997. The summed E-state index contributed by atoms with van der Waals surface area (Å²) in [7, 11) is -0.925. The Hall–Kier alpha value is -1.82. The summed E-state index contributed by atoms with van der Waals surface area (Å²) in [4.78, 5) is 23.3. The van der Waals surface area contributed by atoms with Crippen LogP contribution in [0.4, 0.5) is 0 Å². The quantitative estimate of drug-likeness (QED) is 0.391. The van der Waals surface area contributed by atoms with Gasteiger partial charge in [0.15, 0.2) is 0 Å². The average molecular weight is 329 g/mol. The number of rotatable bonds is 9. The highest BCUT2D eigenvalue weighted by Crippen LogP contribution is 2.20. The molecule has 0 fully saturated rings. The number of ether oxygens (including phenoxy) is 2. The molecule has 0 aromatic heterocycles. The Morgan fingerprint density at radius 2 is 1.45 bits per heavy atom. The lowest BCUT2D eigenvalue weighted by Gasteiger charge is -2.05. The van der Waals surface area contributed by atoms with Crippen molar-refractivity contribution in [3.8, 4) is 0 Å². The van der Waals surface area contributed by atoms with Gasteiger partial charge in [-0.05, 0) is 30.7 Å². The van der Waals surface area contributed by atoms with Gasteiger partial charge in [-0.2, -0.15) is 0 Å². The van der Waals surface area contributed by atoms with E-state index in [1.165, 1.54) is 31.4 Å². The van der Waals surface area contributed by atoms with Crippen LogP contribution in [0.3, 0.4) is 0 Å². The van der Waals surface area contributed by atoms with Crippen molar-refractivity contribution >= 4 is 20.2 Å². The average Bonchev–Trinajstić information content (AvgIpc) is 2.56. The van der Waals surface area contributed by atoms with Gasteiger partial charge in [-0.1, -0.05) is 6.92 Å². The highest BCUT2D eigenvalue weighted by atomic mass is 31.1. The minimum absolute atomic E-state index is 0.0315. The predicted octanol–water partition coefficient (Wildman–Crippen LogP) is 2.73. The zero-order chi connectivity index (χ0) is 16.4. The first-order valence-corrected chi connectivity index (χ1v) is 7.76. The van der Waals surface area contributed by atoms with Gasteiger partial charge in [0.2, 0.25) is 0 Å². The second-order valence-electron chi connectivity index (χ2n) is 4.09. The van der Waals surface area contributed by atoms with Crippen LogP contribution in [0.5, 0.6) is 0 Å². The summed E-state index contributed by atoms with van der Waals surface area (Å²) in [6.45, 7) is 2.17. The molecule has 1 rings (SSSR count). The van der Waals surface area contributed by atoms with E-state index in [9.17, 15) is 14.2 Å². The molecule has 0 amide bonds. The van der Waals surface area contributed by atoms with E-state index in [0.29, 0.717) is 17.7 Å². The zero-order valence-electron chi connectivity index (χ0n) is 12.4. The highest BCUT2D eigenvalue weighted by Gasteiger charge is 2.17. The molecule has 0 N–H and O–H groups in total. The monoisotopic (exact) mass is 329 g/mol. The van der Waals surface area contributed by atoms with Crippen molar-refractivity contribution in [1.82, 2.24) is 0 Å². The second-order valence-corrected chi connectivity index (χ2v) is 5.16. The molecule has 0 radical (unpaired) electrons. The molecule has 0 saturated carbocycles. The van der Waals surface area contributed by atoms with Crippen LogP contribution in [0.25, 0.3) is 0 Å². The first kappa shape index (κ1) is 18.2. The Kier molecular flexibility index (Phi) is 8.28. The first-order chi connectivity index (χ1) is 10.6. The Bertz CT molecular complexity index is 512. The summed E-state index contributed by atoms with van der Waals surface area (Å²) < 4.78 is 29.8. The molecule has 0 saturated heterocycles. The number of esters is 2. The molecule has 0 aliphatic rings. The number of hydrogen-bond donors (Lipinski definition) is 0. The molecule has 1 unspecified atom stereocenters. The molecule has 1 atom stereocenters. The third kappa shape index (κ3) is 6.30. The Morgan fingerprint density at radius 1 is 0.955 bits per heavy atom. The van der Waals surface area contributed by atoms with Gasteiger partial charge in [0, 0.05) is 4.57 Å². The Labute approximate surface area is 129 Å². The van der Waals surface area contributed by atoms with Crippen molar-refractivity contribution in [3.05, 3.63) is 35.4 Å². The molecule has 0 bridgehead atoms. The number of benzene rings is 1. The summed E-state index contributed by atoms with van der Waals surface area (Å²) in [5.41, 5.74) is 0.661. The number of carbonyl (C=O) groups excluding carboxylic acids is 2. The minimum atomic E-state index is -2.17. The van der Waals surface area contributed by atoms with Gasteiger partial charge in [-0.25, -0.2) is 9.59 Å². The van der Waals surface area contributed by atoms with Gasteiger partial charge < -0.3 is 9.47 Å². The van der Waals surface area contributed by atoms with E-state index in [2.05, 4.69) is 4.52 Å². The minimum Gasteiger partial charge on any atom is -0.462 e. The van der Waals surface area contributed by atoms with E-state index >= 15 is 0 Å². The largest absolute Gasteiger partial charge is 0.697 e. The SMILES string of the molecule is CCCOC(=O)c1ccc(C(=O)OCCO[P+](=O)OC)cc1. The maximum Gasteiger partial charge on any atom is 0.697 e. The van der Waals surface area contributed by atoms with Crippen molar-refractivity contribution in [3.63, 3.8) is 0 Å². The normalized spacial score (nSPS) is 10.9. The van der Waals surface area contributed by atoms with E-state index in [4.69, 9.17) is 14.0 Å². The van der Waals surface area contributed by atoms with Crippen LogP contribution in [0, 0.1) is 0 Å². The standard InChI is InChI=1S/C14H18O7P/c1-3-8-19-13(15)11-4-6-12(7-5-11)14(16)20-9-10-21-22(17)18-2/h4-7H,3,8-10H2,1-2H3/q+1. The molecular weight excluding hydrogens is 311 g/mol. The molecule has 7 nitrogen and oxygen atoms in total. The van der Waals surface area contributed by atoms with E-state index in [1.807, 2.05) is 6.92 Å². The third-order valence-electron chi connectivity index (χ3n) is 2.46. The molecule has 1 aromatic carbocycles. The van der Waals surface area contributed by atoms with E-state index in [1.54, 1.807) is 0 Å². The van der Waals surface area contributed by atoms with Crippen molar-refractivity contribution in [2.24, 2.45) is 0 Å². The maximum absolute atomic E-state index is 11.7. The van der Waals surface area contributed by atoms with Crippen molar-refractivity contribution in [1.29, 1.82) is 0 Å². The van der Waals surface area contributed by atoms with Crippen LogP contribution < -0.4 is 0 Å². The van der Waals surface area contributed by atoms with Crippen LogP contribution in [-0.4, -0.2) is 38.9 Å². The molecule has 0 heterocycles. The van der Waals surface area contributed by atoms with Crippen LogP contribution in [0.15, 0.2) is 24.3 Å². The predicted molar refractivity (Wildman–Crippen MR) is 77.9 cm³/mol. The topological polar surface area (TPSA) is 88.1 Å². The lowest BCUT2D eigenvalue weighted by molar-refractivity contribution is 0.0442.